The van der Waals surface area contributed by atoms with Gasteiger partial charge in [-0.05, 0) is 98.3 Å². The van der Waals surface area contributed by atoms with Crippen molar-refractivity contribution in [3.05, 3.63) is 53.5 Å². The number of carbonyl (C=O) groups is 1. The Kier molecular flexibility index (Phi) is 5.53. The summed E-state index contributed by atoms with van der Waals surface area (Å²) in [4.78, 5) is 18.5. The SMILES string of the molecule is CCC1C2[C@@H](CN1C(=O)c1ccoc1)CC1(C)C3Cc4ccc(OC)cc4C21CCN3CCCN. The van der Waals surface area contributed by atoms with E-state index in [0.717, 1.165) is 57.6 Å². The van der Waals surface area contributed by atoms with Crippen LogP contribution in [0, 0.1) is 17.3 Å². The fourth-order valence-corrected chi connectivity index (χ4v) is 9.09. The number of benzene rings is 1. The van der Waals surface area contributed by atoms with Crippen molar-refractivity contribution in [3.63, 3.8) is 0 Å². The Morgan fingerprint density at radius 1 is 1.31 bits per heavy atom. The number of rotatable bonds is 6. The van der Waals surface area contributed by atoms with Crippen molar-refractivity contribution in [2.75, 3.05) is 33.3 Å². The number of nitrogens with two attached hydrogens (primary N) is 1. The zero-order valence-electron chi connectivity index (χ0n) is 21.3. The molecule has 2 aromatic rings. The minimum atomic E-state index is 0.0514. The van der Waals surface area contributed by atoms with Gasteiger partial charge in [-0.25, -0.2) is 0 Å². The van der Waals surface area contributed by atoms with Gasteiger partial charge in [0.2, 0.25) is 0 Å². The highest BCUT2D eigenvalue weighted by Crippen LogP contribution is 2.71. The topological polar surface area (TPSA) is 71.9 Å². The molecule has 2 aliphatic carbocycles. The number of furan rings is 1. The van der Waals surface area contributed by atoms with E-state index in [1.165, 1.54) is 17.5 Å². The van der Waals surface area contributed by atoms with Gasteiger partial charge in [-0.3, -0.25) is 9.69 Å². The molecule has 2 saturated heterocycles. The lowest BCUT2D eigenvalue weighted by atomic mass is 9.48. The molecule has 188 valence electrons. The number of ether oxygens (including phenoxy) is 1. The van der Waals surface area contributed by atoms with Gasteiger partial charge in [0.05, 0.1) is 18.9 Å². The Bertz CT molecular complexity index is 1100. The number of hydrogen-bond acceptors (Lipinski definition) is 5. The van der Waals surface area contributed by atoms with Crippen LogP contribution >= 0.6 is 0 Å². The van der Waals surface area contributed by atoms with Crippen LogP contribution in [-0.4, -0.2) is 61.1 Å². The molecule has 4 aliphatic rings. The normalized spacial score (nSPS) is 35.5. The summed E-state index contributed by atoms with van der Waals surface area (Å²) in [7, 11) is 1.77. The van der Waals surface area contributed by atoms with Crippen molar-refractivity contribution < 1.29 is 13.9 Å². The molecule has 3 heterocycles. The molecule has 1 aromatic heterocycles. The van der Waals surface area contributed by atoms with E-state index in [1.54, 1.807) is 25.7 Å². The Morgan fingerprint density at radius 2 is 2.17 bits per heavy atom. The predicted octanol–water partition coefficient (Wildman–Crippen LogP) is 4.08. The van der Waals surface area contributed by atoms with E-state index in [-0.39, 0.29) is 22.8 Å². The first-order chi connectivity index (χ1) is 17.0. The highest BCUT2D eigenvalue weighted by atomic mass is 16.5. The first-order valence-corrected chi connectivity index (χ1v) is 13.4. The highest BCUT2D eigenvalue weighted by molar-refractivity contribution is 5.94. The maximum Gasteiger partial charge on any atom is 0.257 e. The molecule has 1 amide bonds. The van der Waals surface area contributed by atoms with Crippen LogP contribution in [0.15, 0.2) is 41.2 Å². The van der Waals surface area contributed by atoms with Crippen LogP contribution in [0.25, 0.3) is 0 Å². The molecule has 6 nitrogen and oxygen atoms in total. The number of carbonyl (C=O) groups excluding carboxylic acids is 1. The number of hydrogen-bond donors (Lipinski definition) is 1. The van der Waals surface area contributed by atoms with E-state index in [4.69, 9.17) is 14.9 Å². The summed E-state index contributed by atoms with van der Waals surface area (Å²) in [6.07, 6.45) is 8.62. The van der Waals surface area contributed by atoms with Crippen LogP contribution in [-0.2, 0) is 11.8 Å². The van der Waals surface area contributed by atoms with Gasteiger partial charge in [-0.1, -0.05) is 19.9 Å². The maximum atomic E-state index is 13.6. The van der Waals surface area contributed by atoms with Crippen molar-refractivity contribution in [1.82, 2.24) is 9.80 Å². The third-order valence-electron chi connectivity index (χ3n) is 10.3. The first-order valence-electron chi connectivity index (χ1n) is 13.4. The molecule has 2 N–H and O–H groups in total. The average molecular weight is 478 g/mol. The summed E-state index contributed by atoms with van der Waals surface area (Å²) < 4.78 is 11.0. The zero-order chi connectivity index (χ0) is 24.4. The molecule has 6 atom stereocenters. The van der Waals surface area contributed by atoms with Gasteiger partial charge < -0.3 is 19.8 Å². The van der Waals surface area contributed by atoms with E-state index in [1.807, 2.05) is 0 Å². The lowest BCUT2D eigenvalue weighted by Gasteiger charge is -2.63. The second kappa shape index (κ2) is 8.38. The molecule has 0 spiro atoms. The van der Waals surface area contributed by atoms with Crippen molar-refractivity contribution in [1.29, 1.82) is 0 Å². The van der Waals surface area contributed by atoms with E-state index in [9.17, 15) is 4.79 Å². The van der Waals surface area contributed by atoms with E-state index >= 15 is 0 Å². The summed E-state index contributed by atoms with van der Waals surface area (Å²) in [6, 6.07) is 9.34. The van der Waals surface area contributed by atoms with Gasteiger partial charge in [0, 0.05) is 24.0 Å². The van der Waals surface area contributed by atoms with E-state index < -0.39 is 0 Å². The molecule has 0 radical (unpaired) electrons. The molecule has 6 heteroatoms. The Hall–Kier alpha value is -2.31. The summed E-state index contributed by atoms with van der Waals surface area (Å²) >= 11 is 0. The Balaban J connectivity index is 1.47. The molecular formula is C29H39N3O3. The molecule has 1 aromatic carbocycles. The third kappa shape index (κ3) is 3.05. The van der Waals surface area contributed by atoms with Crippen LogP contribution in [0.3, 0.4) is 0 Å². The Labute approximate surface area is 208 Å². The van der Waals surface area contributed by atoms with Crippen LogP contribution in [0.2, 0.25) is 0 Å². The lowest BCUT2D eigenvalue weighted by molar-refractivity contribution is -0.0615. The number of nitrogens with zero attached hydrogens (tertiary/aromatic N) is 2. The second-order valence-corrected chi connectivity index (χ2v) is 11.5. The summed E-state index contributed by atoms with van der Waals surface area (Å²) in [5.74, 6) is 2.04. The molecule has 5 unspecified atom stereocenters. The van der Waals surface area contributed by atoms with E-state index in [2.05, 4.69) is 41.8 Å². The van der Waals surface area contributed by atoms with Crippen molar-refractivity contribution >= 4 is 5.91 Å². The summed E-state index contributed by atoms with van der Waals surface area (Å²) in [6.45, 7) is 8.61. The molecule has 1 saturated carbocycles. The number of fused-ring (bicyclic) bond motifs is 2. The molecule has 2 aliphatic heterocycles. The predicted molar refractivity (Wildman–Crippen MR) is 136 cm³/mol. The Morgan fingerprint density at radius 3 is 2.89 bits per heavy atom. The number of piperidine rings is 1. The van der Waals surface area contributed by atoms with Crippen LogP contribution in [0.4, 0.5) is 0 Å². The molecule has 6 rings (SSSR count). The average Bonchev–Trinajstić information content (AvgIpc) is 3.57. The van der Waals surface area contributed by atoms with Crippen LogP contribution in [0.5, 0.6) is 5.75 Å². The van der Waals surface area contributed by atoms with Crippen LogP contribution in [0.1, 0.15) is 61.0 Å². The number of methoxy groups -OCH3 is 1. The van der Waals surface area contributed by atoms with Gasteiger partial charge in [0.1, 0.15) is 12.0 Å². The fraction of sp³-hybridized carbons (Fsp3) is 0.621. The summed E-state index contributed by atoms with van der Waals surface area (Å²) in [5.41, 5.74) is 9.80. The minimum Gasteiger partial charge on any atom is -0.497 e. The lowest BCUT2D eigenvalue weighted by Crippen LogP contribution is -2.66. The smallest absolute Gasteiger partial charge is 0.257 e. The van der Waals surface area contributed by atoms with Crippen molar-refractivity contribution in [3.8, 4) is 5.75 Å². The zero-order valence-corrected chi connectivity index (χ0v) is 21.3. The van der Waals surface area contributed by atoms with Gasteiger partial charge in [0.25, 0.3) is 5.91 Å². The molecule has 3 fully saturated rings. The van der Waals surface area contributed by atoms with Gasteiger partial charge in [-0.2, -0.15) is 0 Å². The van der Waals surface area contributed by atoms with Crippen LogP contribution < -0.4 is 10.5 Å². The van der Waals surface area contributed by atoms with Gasteiger partial charge >= 0.3 is 0 Å². The maximum absolute atomic E-state index is 13.6. The highest BCUT2D eigenvalue weighted by Gasteiger charge is 2.72. The third-order valence-corrected chi connectivity index (χ3v) is 10.3. The molecular weight excluding hydrogens is 438 g/mol. The first kappa shape index (κ1) is 23.1. The minimum absolute atomic E-state index is 0.0514. The molecule has 35 heavy (non-hydrogen) atoms. The van der Waals surface area contributed by atoms with E-state index in [0.29, 0.717) is 23.4 Å². The number of likely N-dealkylation sites (tertiary alicyclic amines) is 2. The van der Waals surface area contributed by atoms with Crippen molar-refractivity contribution in [2.24, 2.45) is 23.0 Å². The standard InChI is InChI=1S/C29H39N3O3/c1-4-24-26-21(17-32(24)27(33)20-8-13-35-18-20)16-28(2)25-14-19-6-7-22(34-3)15-23(19)29(26,28)9-12-31(25)11-5-10-30/h6-8,13,15,18,21,24-26H,4-5,9-12,14,16-17,30H2,1-3H3/t21-,24?,25?,26?,28?,29?/m1/s1. The largest absolute Gasteiger partial charge is 0.497 e. The fourth-order valence-electron chi connectivity index (χ4n) is 9.09. The number of amides is 1. The quantitative estimate of drug-likeness (QED) is 0.679. The summed E-state index contributed by atoms with van der Waals surface area (Å²) in [5, 5.41) is 0. The van der Waals surface area contributed by atoms with Gasteiger partial charge in [-0.15, -0.1) is 0 Å². The van der Waals surface area contributed by atoms with Gasteiger partial charge in [0.15, 0.2) is 0 Å². The second-order valence-electron chi connectivity index (χ2n) is 11.5. The molecule has 2 bridgehead atoms. The monoisotopic (exact) mass is 477 g/mol. The van der Waals surface area contributed by atoms with Crippen molar-refractivity contribution in [2.45, 2.75) is 63.5 Å².